The van der Waals surface area contributed by atoms with Gasteiger partial charge in [-0.15, -0.1) is 0 Å². The van der Waals surface area contributed by atoms with Gasteiger partial charge in [-0.2, -0.15) is 5.26 Å². The number of nitriles is 1. The van der Waals surface area contributed by atoms with Crippen LogP contribution in [0.3, 0.4) is 0 Å². The number of para-hydroxylation sites is 1. The van der Waals surface area contributed by atoms with Crippen LogP contribution in [0.1, 0.15) is 24.5 Å². The molecule has 0 aliphatic carbocycles. The molecule has 1 N–H and O–H groups in total. The van der Waals surface area contributed by atoms with Crippen molar-refractivity contribution in [2.24, 2.45) is 0 Å². The van der Waals surface area contributed by atoms with Gasteiger partial charge < -0.3 is 5.32 Å². The van der Waals surface area contributed by atoms with E-state index in [0.717, 1.165) is 30.5 Å². The van der Waals surface area contributed by atoms with Crippen molar-refractivity contribution in [2.75, 3.05) is 5.32 Å². The topological polar surface area (TPSA) is 35.8 Å². The molecule has 0 bridgehead atoms. The zero-order valence-electron chi connectivity index (χ0n) is 11.1. The van der Waals surface area contributed by atoms with Gasteiger partial charge in [-0.25, -0.2) is 8.78 Å². The zero-order valence-corrected chi connectivity index (χ0v) is 11.1. The van der Waals surface area contributed by atoms with Crippen LogP contribution in [0.5, 0.6) is 0 Å². The minimum Gasteiger partial charge on any atom is -0.351 e. The van der Waals surface area contributed by atoms with Crippen LogP contribution in [0.2, 0.25) is 0 Å². The molecular formula is C16H14F2N2. The van der Waals surface area contributed by atoms with Gasteiger partial charge in [0.05, 0.1) is 11.6 Å². The Hall–Kier alpha value is -2.41. The Morgan fingerprint density at radius 3 is 2.40 bits per heavy atom. The largest absolute Gasteiger partial charge is 0.351 e. The van der Waals surface area contributed by atoms with Gasteiger partial charge >= 0.3 is 0 Å². The summed E-state index contributed by atoms with van der Waals surface area (Å²) in [7, 11) is 0. The monoisotopic (exact) mass is 272 g/mol. The first-order valence-corrected chi connectivity index (χ1v) is 6.39. The zero-order chi connectivity index (χ0) is 14.5. The highest BCUT2D eigenvalue weighted by Gasteiger charge is 2.12. The Morgan fingerprint density at radius 2 is 1.80 bits per heavy atom. The van der Waals surface area contributed by atoms with Crippen LogP contribution in [0.15, 0.2) is 36.4 Å². The van der Waals surface area contributed by atoms with Gasteiger partial charge in [0.2, 0.25) is 0 Å². The number of rotatable bonds is 4. The predicted octanol–water partition coefficient (Wildman–Crippen LogP) is 4.53. The first-order chi connectivity index (χ1) is 9.65. The Labute approximate surface area is 116 Å². The minimum atomic E-state index is -0.771. The molecule has 20 heavy (non-hydrogen) atoms. The Balaban J connectivity index is 2.38. The molecule has 4 heteroatoms. The summed E-state index contributed by atoms with van der Waals surface area (Å²) in [6.45, 7) is 2.04. The summed E-state index contributed by atoms with van der Waals surface area (Å²) in [5.74, 6) is -1.54. The van der Waals surface area contributed by atoms with Crippen LogP contribution >= 0.6 is 0 Å². The maximum atomic E-state index is 13.8. The molecule has 0 radical (unpaired) electrons. The number of benzene rings is 2. The van der Waals surface area contributed by atoms with Crippen LogP contribution in [-0.4, -0.2) is 0 Å². The van der Waals surface area contributed by atoms with E-state index in [9.17, 15) is 8.78 Å². The molecule has 0 unspecified atom stereocenters. The smallest absolute Gasteiger partial charge is 0.150 e. The second-order valence-electron chi connectivity index (χ2n) is 4.46. The van der Waals surface area contributed by atoms with E-state index in [0.29, 0.717) is 5.69 Å². The second-order valence-corrected chi connectivity index (χ2v) is 4.46. The maximum absolute atomic E-state index is 13.8. The summed E-state index contributed by atoms with van der Waals surface area (Å²) < 4.78 is 27.7. The third-order valence-corrected chi connectivity index (χ3v) is 2.97. The van der Waals surface area contributed by atoms with Crippen molar-refractivity contribution in [3.63, 3.8) is 0 Å². The number of nitrogens with zero attached hydrogens (tertiary/aromatic N) is 1. The average molecular weight is 272 g/mol. The summed E-state index contributed by atoms with van der Waals surface area (Å²) in [4.78, 5) is 0. The molecule has 102 valence electrons. The molecule has 0 spiro atoms. The molecule has 0 aliphatic heterocycles. The summed E-state index contributed by atoms with van der Waals surface area (Å²) in [6.07, 6.45) is 1.76. The van der Waals surface area contributed by atoms with E-state index in [2.05, 4.69) is 5.32 Å². The number of nitrogens with one attached hydrogen (secondary N) is 1. The summed E-state index contributed by atoms with van der Waals surface area (Å²) >= 11 is 0. The van der Waals surface area contributed by atoms with Gasteiger partial charge in [0.25, 0.3) is 0 Å². The van der Waals surface area contributed by atoms with E-state index >= 15 is 0 Å². The van der Waals surface area contributed by atoms with E-state index in [-0.39, 0.29) is 11.3 Å². The fourth-order valence-corrected chi connectivity index (χ4v) is 2.02. The fourth-order valence-electron chi connectivity index (χ4n) is 2.02. The van der Waals surface area contributed by atoms with Crippen molar-refractivity contribution in [2.45, 2.75) is 19.8 Å². The SMILES string of the molecule is CCCc1ccccc1Nc1c(F)cc(C#N)cc1F. The lowest BCUT2D eigenvalue weighted by atomic mass is 10.1. The fraction of sp³-hybridized carbons (Fsp3) is 0.188. The number of hydrogen-bond donors (Lipinski definition) is 1. The lowest BCUT2D eigenvalue weighted by Gasteiger charge is -2.13. The number of halogens is 2. The van der Waals surface area contributed by atoms with Crippen LogP contribution in [0.25, 0.3) is 0 Å². The Bertz CT molecular complexity index is 637. The third kappa shape index (κ3) is 2.94. The standard InChI is InChI=1S/C16H14F2N2/c1-2-5-12-6-3-4-7-15(12)20-16-13(17)8-11(10-19)9-14(16)18/h3-4,6-9,20H,2,5H2,1H3. The number of anilines is 2. The molecule has 0 amide bonds. The van der Waals surface area contributed by atoms with Gasteiger partial charge in [0.15, 0.2) is 11.6 Å². The van der Waals surface area contributed by atoms with Crippen LogP contribution in [-0.2, 0) is 6.42 Å². The number of aryl methyl sites for hydroxylation is 1. The highest BCUT2D eigenvalue weighted by atomic mass is 19.1. The van der Waals surface area contributed by atoms with E-state index in [4.69, 9.17) is 5.26 Å². The molecule has 2 nitrogen and oxygen atoms in total. The minimum absolute atomic E-state index is 0.0348. The van der Waals surface area contributed by atoms with Crippen molar-refractivity contribution in [3.8, 4) is 6.07 Å². The quantitative estimate of drug-likeness (QED) is 0.887. The molecule has 0 aliphatic rings. The third-order valence-electron chi connectivity index (χ3n) is 2.97. The molecule has 2 rings (SSSR count). The number of hydrogen-bond acceptors (Lipinski definition) is 2. The highest BCUT2D eigenvalue weighted by Crippen LogP contribution is 2.27. The van der Waals surface area contributed by atoms with Crippen molar-refractivity contribution in [1.82, 2.24) is 0 Å². The van der Waals surface area contributed by atoms with Gasteiger partial charge in [-0.05, 0) is 30.2 Å². The van der Waals surface area contributed by atoms with Crippen molar-refractivity contribution in [1.29, 1.82) is 5.26 Å². The van der Waals surface area contributed by atoms with E-state index in [1.807, 2.05) is 19.1 Å². The van der Waals surface area contributed by atoms with Gasteiger partial charge in [0.1, 0.15) is 5.69 Å². The molecule has 0 aromatic heterocycles. The molecule has 0 heterocycles. The highest BCUT2D eigenvalue weighted by molar-refractivity contribution is 5.65. The molecule has 2 aromatic rings. The summed E-state index contributed by atoms with van der Waals surface area (Å²) in [5, 5.41) is 11.5. The average Bonchev–Trinajstić information content (AvgIpc) is 2.44. The van der Waals surface area contributed by atoms with Gasteiger partial charge in [0, 0.05) is 5.69 Å². The lowest BCUT2D eigenvalue weighted by Crippen LogP contribution is -2.01. The van der Waals surface area contributed by atoms with E-state index < -0.39 is 11.6 Å². The van der Waals surface area contributed by atoms with E-state index in [1.54, 1.807) is 18.2 Å². The first kappa shape index (κ1) is 14.0. The van der Waals surface area contributed by atoms with Crippen molar-refractivity contribution >= 4 is 11.4 Å². The van der Waals surface area contributed by atoms with Crippen LogP contribution in [0.4, 0.5) is 20.2 Å². The second kappa shape index (κ2) is 6.16. The molecule has 2 aromatic carbocycles. The van der Waals surface area contributed by atoms with Gasteiger partial charge in [-0.3, -0.25) is 0 Å². The molecule has 0 fully saturated rings. The van der Waals surface area contributed by atoms with Crippen LogP contribution < -0.4 is 5.32 Å². The first-order valence-electron chi connectivity index (χ1n) is 6.39. The predicted molar refractivity (Wildman–Crippen MR) is 74.8 cm³/mol. The van der Waals surface area contributed by atoms with Crippen LogP contribution in [0, 0.1) is 23.0 Å². The lowest BCUT2D eigenvalue weighted by molar-refractivity contribution is 0.590. The Kier molecular flexibility index (Phi) is 4.31. The van der Waals surface area contributed by atoms with Gasteiger partial charge in [-0.1, -0.05) is 31.5 Å². The molecule has 0 saturated carbocycles. The molecule has 0 saturated heterocycles. The normalized spacial score (nSPS) is 10.1. The van der Waals surface area contributed by atoms with E-state index in [1.165, 1.54) is 0 Å². The molecule has 0 atom stereocenters. The van der Waals surface area contributed by atoms with Crippen molar-refractivity contribution < 1.29 is 8.78 Å². The summed E-state index contributed by atoms with van der Waals surface area (Å²) in [6, 6.07) is 11.2. The molecular weight excluding hydrogens is 258 g/mol. The maximum Gasteiger partial charge on any atom is 0.150 e. The van der Waals surface area contributed by atoms with Crippen molar-refractivity contribution in [3.05, 3.63) is 59.2 Å². The summed E-state index contributed by atoms with van der Waals surface area (Å²) in [5.41, 5.74) is 1.41. The Morgan fingerprint density at radius 1 is 1.15 bits per heavy atom.